The molecular weight excluding hydrogens is 354 g/mol. The molecule has 1 aromatic carbocycles. The average molecular weight is 374 g/mol. The van der Waals surface area contributed by atoms with Gasteiger partial charge in [0.2, 0.25) is 5.91 Å². The predicted molar refractivity (Wildman–Crippen MR) is 96.9 cm³/mol. The Morgan fingerprint density at radius 3 is 2.81 bits per heavy atom. The van der Waals surface area contributed by atoms with Crippen molar-refractivity contribution in [3.8, 4) is 11.3 Å². The quantitative estimate of drug-likeness (QED) is 0.811. The van der Waals surface area contributed by atoms with Crippen molar-refractivity contribution < 1.29 is 14.1 Å². The molecule has 0 radical (unpaired) electrons. The van der Waals surface area contributed by atoms with E-state index in [0.717, 1.165) is 12.8 Å². The maximum Gasteiger partial charge on any atom is 0.259 e. The van der Waals surface area contributed by atoms with Gasteiger partial charge in [0, 0.05) is 31.7 Å². The number of hydrogen-bond acceptors (Lipinski definition) is 4. The number of fused-ring (bicyclic) bond motifs is 4. The SMILES string of the molecule is Cc1onc(-c2ccccc2Cl)c1C(=O)N1C[C@H]2CC[C@@H](C1)N(C)C2=O. The second kappa shape index (κ2) is 6.43. The summed E-state index contributed by atoms with van der Waals surface area (Å²) in [6.45, 7) is 2.69. The molecule has 3 saturated heterocycles. The van der Waals surface area contributed by atoms with Crippen LogP contribution in [-0.4, -0.2) is 52.9 Å². The molecule has 0 saturated carbocycles. The van der Waals surface area contributed by atoms with Crippen molar-refractivity contribution in [2.45, 2.75) is 25.8 Å². The van der Waals surface area contributed by atoms with Crippen molar-refractivity contribution in [1.82, 2.24) is 15.0 Å². The molecule has 7 heteroatoms. The van der Waals surface area contributed by atoms with Gasteiger partial charge in [0.15, 0.2) is 0 Å². The number of nitrogens with zero attached hydrogens (tertiary/aromatic N) is 3. The van der Waals surface area contributed by atoms with Gasteiger partial charge in [-0.3, -0.25) is 9.59 Å². The van der Waals surface area contributed by atoms with Crippen molar-refractivity contribution in [3.63, 3.8) is 0 Å². The van der Waals surface area contributed by atoms with Crippen LogP contribution in [0.3, 0.4) is 0 Å². The lowest BCUT2D eigenvalue weighted by Crippen LogP contribution is -2.45. The van der Waals surface area contributed by atoms with Crippen molar-refractivity contribution in [2.24, 2.45) is 5.92 Å². The number of rotatable bonds is 2. The highest BCUT2D eigenvalue weighted by Gasteiger charge is 2.41. The van der Waals surface area contributed by atoms with Crippen LogP contribution in [0.15, 0.2) is 28.8 Å². The fourth-order valence-corrected chi connectivity index (χ4v) is 4.17. The van der Waals surface area contributed by atoms with Crippen LogP contribution in [0.2, 0.25) is 5.02 Å². The Bertz CT molecular complexity index is 879. The van der Waals surface area contributed by atoms with Crippen LogP contribution in [0.5, 0.6) is 0 Å². The number of benzene rings is 1. The van der Waals surface area contributed by atoms with Crippen LogP contribution in [0, 0.1) is 12.8 Å². The second-order valence-corrected chi connectivity index (χ2v) is 7.44. The lowest BCUT2D eigenvalue weighted by Gasteiger charge is -2.32. The van der Waals surface area contributed by atoms with Crippen LogP contribution in [-0.2, 0) is 4.79 Å². The topological polar surface area (TPSA) is 66.7 Å². The van der Waals surface area contributed by atoms with E-state index in [1.54, 1.807) is 22.8 Å². The Balaban J connectivity index is 1.71. The maximum atomic E-state index is 13.3. The number of hydrogen-bond donors (Lipinski definition) is 0. The van der Waals surface area contributed by atoms with Gasteiger partial charge in [-0.2, -0.15) is 0 Å². The number of aromatic nitrogens is 1. The predicted octanol–water partition coefficient (Wildman–Crippen LogP) is 3.00. The van der Waals surface area contributed by atoms with E-state index in [4.69, 9.17) is 16.1 Å². The Hall–Kier alpha value is -2.34. The van der Waals surface area contributed by atoms with Crippen molar-refractivity contribution in [3.05, 3.63) is 40.6 Å². The van der Waals surface area contributed by atoms with Crippen LogP contribution in [0.25, 0.3) is 11.3 Å². The van der Waals surface area contributed by atoms with E-state index in [-0.39, 0.29) is 23.8 Å². The molecule has 3 fully saturated rings. The molecule has 2 aromatic rings. The molecule has 3 aliphatic heterocycles. The molecule has 1 aromatic heterocycles. The summed E-state index contributed by atoms with van der Waals surface area (Å²) in [6.07, 6.45) is 1.76. The number of amides is 2. The van der Waals surface area contributed by atoms with E-state index in [0.29, 0.717) is 40.7 Å². The van der Waals surface area contributed by atoms with Crippen LogP contribution in [0.4, 0.5) is 0 Å². The fraction of sp³-hybridized carbons (Fsp3) is 0.421. The second-order valence-electron chi connectivity index (χ2n) is 7.03. The Labute approximate surface area is 156 Å². The zero-order chi connectivity index (χ0) is 18.4. The molecule has 2 bridgehead atoms. The zero-order valence-corrected chi connectivity index (χ0v) is 15.5. The van der Waals surface area contributed by atoms with Crippen molar-refractivity contribution in [2.75, 3.05) is 20.1 Å². The van der Waals surface area contributed by atoms with Gasteiger partial charge >= 0.3 is 0 Å². The minimum Gasteiger partial charge on any atom is -0.360 e. The summed E-state index contributed by atoms with van der Waals surface area (Å²) >= 11 is 6.29. The third-order valence-corrected chi connectivity index (χ3v) is 5.79. The van der Waals surface area contributed by atoms with Gasteiger partial charge in [0.05, 0.1) is 10.9 Å². The van der Waals surface area contributed by atoms with Gasteiger partial charge in [-0.1, -0.05) is 35.0 Å². The molecule has 6 nitrogen and oxygen atoms in total. The minimum absolute atomic E-state index is 0.0640. The van der Waals surface area contributed by atoms with Crippen LogP contribution >= 0.6 is 11.6 Å². The van der Waals surface area contributed by atoms with Gasteiger partial charge in [0.1, 0.15) is 17.0 Å². The highest BCUT2D eigenvalue weighted by molar-refractivity contribution is 6.33. The maximum absolute atomic E-state index is 13.3. The van der Waals surface area contributed by atoms with Crippen LogP contribution in [0.1, 0.15) is 29.0 Å². The van der Waals surface area contributed by atoms with E-state index in [2.05, 4.69) is 5.16 Å². The van der Waals surface area contributed by atoms with Crippen molar-refractivity contribution >= 4 is 23.4 Å². The molecule has 136 valence electrons. The first kappa shape index (κ1) is 17.1. The molecule has 2 amide bonds. The summed E-state index contributed by atoms with van der Waals surface area (Å²) in [4.78, 5) is 29.3. The third-order valence-electron chi connectivity index (χ3n) is 5.46. The number of halogens is 1. The molecule has 3 aliphatic rings. The molecule has 26 heavy (non-hydrogen) atoms. The molecule has 0 N–H and O–H groups in total. The van der Waals surface area contributed by atoms with Gasteiger partial charge in [-0.25, -0.2) is 0 Å². The molecule has 0 aliphatic carbocycles. The van der Waals surface area contributed by atoms with Crippen molar-refractivity contribution in [1.29, 1.82) is 0 Å². The number of carbonyl (C=O) groups excluding carboxylic acids is 2. The summed E-state index contributed by atoms with van der Waals surface area (Å²) in [5.41, 5.74) is 1.55. The summed E-state index contributed by atoms with van der Waals surface area (Å²) in [5, 5.41) is 4.60. The lowest BCUT2D eigenvalue weighted by molar-refractivity contribution is -0.138. The van der Waals surface area contributed by atoms with E-state index in [1.165, 1.54) is 0 Å². The largest absolute Gasteiger partial charge is 0.360 e. The lowest BCUT2D eigenvalue weighted by atomic mass is 9.95. The summed E-state index contributed by atoms with van der Waals surface area (Å²) in [7, 11) is 1.83. The standard InChI is InChI=1S/C19H20ClN3O3/c1-11-16(17(21-26-11)14-5-3-4-6-15(14)20)19(25)23-9-12-7-8-13(10-23)22(2)18(12)24/h3-6,12-13H,7-10H2,1-2H3/t12-,13+/m1/s1. The summed E-state index contributed by atoms with van der Waals surface area (Å²) in [5.74, 6) is 0.302. The minimum atomic E-state index is -0.154. The molecule has 5 rings (SSSR count). The zero-order valence-electron chi connectivity index (χ0n) is 14.7. The summed E-state index contributed by atoms with van der Waals surface area (Å²) in [6, 6.07) is 7.32. The smallest absolute Gasteiger partial charge is 0.259 e. The first-order valence-electron chi connectivity index (χ1n) is 8.74. The molecule has 0 spiro atoms. The molecule has 4 heterocycles. The normalized spacial score (nSPS) is 22.7. The average Bonchev–Trinajstić information content (AvgIpc) is 2.81. The van der Waals surface area contributed by atoms with E-state index >= 15 is 0 Å². The highest BCUT2D eigenvalue weighted by Crippen LogP contribution is 2.34. The van der Waals surface area contributed by atoms with Gasteiger partial charge in [0.25, 0.3) is 5.91 Å². The fourth-order valence-electron chi connectivity index (χ4n) is 3.94. The Morgan fingerprint density at radius 2 is 2.04 bits per heavy atom. The van der Waals surface area contributed by atoms with Gasteiger partial charge in [-0.05, 0) is 25.8 Å². The highest BCUT2D eigenvalue weighted by atomic mass is 35.5. The third kappa shape index (κ3) is 2.69. The number of piperidine rings is 1. The summed E-state index contributed by atoms with van der Waals surface area (Å²) < 4.78 is 5.33. The van der Waals surface area contributed by atoms with Crippen LogP contribution < -0.4 is 0 Å². The van der Waals surface area contributed by atoms with E-state index in [1.807, 2.05) is 25.2 Å². The Kier molecular flexibility index (Phi) is 4.23. The number of carbonyl (C=O) groups is 2. The first-order valence-corrected chi connectivity index (χ1v) is 9.12. The van der Waals surface area contributed by atoms with E-state index < -0.39 is 0 Å². The number of aryl methyl sites for hydroxylation is 1. The number of likely N-dealkylation sites (N-methyl/N-ethyl adjacent to an activating group) is 1. The molecule has 0 unspecified atom stereocenters. The first-order chi connectivity index (χ1) is 12.5. The van der Waals surface area contributed by atoms with Gasteiger partial charge < -0.3 is 14.3 Å². The Morgan fingerprint density at radius 1 is 1.27 bits per heavy atom. The molecule has 2 atom stereocenters. The van der Waals surface area contributed by atoms with E-state index in [9.17, 15) is 9.59 Å². The monoisotopic (exact) mass is 373 g/mol. The van der Waals surface area contributed by atoms with Gasteiger partial charge in [-0.15, -0.1) is 0 Å². The molecular formula is C19H20ClN3O3.